The van der Waals surface area contributed by atoms with Crippen molar-refractivity contribution < 1.29 is 27.6 Å². The Labute approximate surface area is 205 Å². The highest BCUT2D eigenvalue weighted by Gasteiger charge is 2.34. The molecule has 0 unspecified atom stereocenters. The number of carbonyl (C=O) groups is 1. The number of amides is 1. The molecule has 0 saturated carbocycles. The fourth-order valence-corrected chi connectivity index (χ4v) is 3.78. The summed E-state index contributed by atoms with van der Waals surface area (Å²) in [5, 5.41) is 14.3. The van der Waals surface area contributed by atoms with E-state index in [1.54, 1.807) is 34.1 Å². The molecule has 12 heteroatoms. The predicted octanol–water partition coefficient (Wildman–Crippen LogP) is 4.49. The quantitative estimate of drug-likeness (QED) is 0.348. The number of benzene rings is 2. The number of nitro groups is 1. The normalized spacial score (nSPS) is 14.1. The van der Waals surface area contributed by atoms with Crippen molar-refractivity contribution in [1.29, 1.82) is 0 Å². The van der Waals surface area contributed by atoms with Crippen LogP contribution in [0.1, 0.15) is 29.8 Å². The van der Waals surface area contributed by atoms with Crippen molar-refractivity contribution in [2.75, 3.05) is 37.7 Å². The fourth-order valence-electron chi connectivity index (χ4n) is 3.50. The molecule has 35 heavy (non-hydrogen) atoms. The third kappa shape index (κ3) is 6.81. The molecular formula is C23H25F3N4O4S. The molecule has 2 aromatic rings. The Kier molecular flexibility index (Phi) is 8.15. The molecule has 1 saturated heterocycles. The first-order valence-corrected chi connectivity index (χ1v) is 11.3. The molecule has 0 atom stereocenters. The van der Waals surface area contributed by atoms with Crippen molar-refractivity contribution in [2.45, 2.75) is 20.0 Å². The second kappa shape index (κ2) is 10.9. The summed E-state index contributed by atoms with van der Waals surface area (Å²) in [4.78, 5) is 26.6. The summed E-state index contributed by atoms with van der Waals surface area (Å²) in [6.45, 7) is 5.77. The van der Waals surface area contributed by atoms with Gasteiger partial charge in [-0.25, -0.2) is 0 Å². The monoisotopic (exact) mass is 510 g/mol. The number of nitrogens with one attached hydrogen (secondary N) is 1. The van der Waals surface area contributed by atoms with E-state index in [4.69, 9.17) is 17.0 Å². The van der Waals surface area contributed by atoms with Crippen LogP contribution in [0.3, 0.4) is 0 Å². The molecule has 0 spiro atoms. The summed E-state index contributed by atoms with van der Waals surface area (Å²) in [6.07, 6.45) is -4.67. The third-order valence-electron chi connectivity index (χ3n) is 5.31. The van der Waals surface area contributed by atoms with Gasteiger partial charge in [0.25, 0.3) is 11.6 Å². The average Bonchev–Trinajstić information content (AvgIpc) is 2.82. The number of thiocarbonyl (C=S) groups is 1. The second-order valence-electron chi connectivity index (χ2n) is 8.42. The molecule has 0 bridgehead atoms. The Morgan fingerprint density at radius 3 is 2.46 bits per heavy atom. The van der Waals surface area contributed by atoms with Crippen LogP contribution < -0.4 is 15.0 Å². The van der Waals surface area contributed by atoms with Gasteiger partial charge in [0.05, 0.1) is 17.1 Å². The number of rotatable bonds is 6. The molecule has 0 radical (unpaired) electrons. The summed E-state index contributed by atoms with van der Waals surface area (Å²) < 4.78 is 44.5. The number of hydrogen-bond acceptors (Lipinski definition) is 6. The molecule has 1 N–H and O–H groups in total. The van der Waals surface area contributed by atoms with Crippen LogP contribution in [-0.2, 0) is 6.18 Å². The van der Waals surface area contributed by atoms with E-state index >= 15 is 0 Å². The topological polar surface area (TPSA) is 88.0 Å². The number of alkyl halides is 3. The van der Waals surface area contributed by atoms with E-state index < -0.39 is 28.3 Å². The van der Waals surface area contributed by atoms with Crippen LogP contribution >= 0.6 is 12.2 Å². The highest BCUT2D eigenvalue weighted by molar-refractivity contribution is 7.80. The molecule has 0 aromatic heterocycles. The number of ether oxygens (including phenoxy) is 1. The van der Waals surface area contributed by atoms with Crippen LogP contribution in [0, 0.1) is 16.0 Å². The SMILES string of the molecule is CC(C)COc1cccc(C(=O)NC(=S)N2CCN(c3ccc(C(F)(F)F)cc3[N+](=O)[O-])CC2)c1. The number of hydrogen-bond donors (Lipinski definition) is 1. The number of nitro benzene ring substituents is 1. The third-order valence-corrected chi connectivity index (χ3v) is 5.67. The standard InChI is InChI=1S/C23H25F3N4O4S/c1-15(2)14-34-18-5-3-4-16(12-18)21(31)27-22(35)29-10-8-28(9-11-29)19-7-6-17(23(24,25)26)13-20(19)30(32)33/h3-7,12-13,15H,8-11,14H2,1-2H3,(H,27,31,35). The lowest BCUT2D eigenvalue weighted by Gasteiger charge is -2.37. The van der Waals surface area contributed by atoms with E-state index in [0.717, 1.165) is 12.1 Å². The molecule has 0 aliphatic carbocycles. The highest BCUT2D eigenvalue weighted by Crippen LogP contribution is 2.36. The lowest BCUT2D eigenvalue weighted by molar-refractivity contribution is -0.384. The maximum absolute atomic E-state index is 13.0. The summed E-state index contributed by atoms with van der Waals surface area (Å²) in [7, 11) is 0. The van der Waals surface area contributed by atoms with E-state index in [1.165, 1.54) is 0 Å². The van der Waals surface area contributed by atoms with Gasteiger partial charge < -0.3 is 14.5 Å². The molecular weight excluding hydrogens is 485 g/mol. The van der Waals surface area contributed by atoms with Crippen LogP contribution in [0.25, 0.3) is 0 Å². The Morgan fingerprint density at radius 1 is 1.17 bits per heavy atom. The van der Waals surface area contributed by atoms with Crippen molar-refractivity contribution in [1.82, 2.24) is 10.2 Å². The Morgan fingerprint density at radius 2 is 1.86 bits per heavy atom. The molecule has 188 valence electrons. The summed E-state index contributed by atoms with van der Waals surface area (Å²) in [6, 6.07) is 9.24. The van der Waals surface area contributed by atoms with Crippen molar-refractivity contribution in [2.24, 2.45) is 5.92 Å². The average molecular weight is 511 g/mol. The van der Waals surface area contributed by atoms with E-state index in [-0.39, 0.29) is 23.9 Å². The van der Waals surface area contributed by atoms with Crippen LogP contribution in [0.4, 0.5) is 24.5 Å². The molecule has 1 amide bonds. The van der Waals surface area contributed by atoms with Crippen molar-refractivity contribution in [3.8, 4) is 5.75 Å². The molecule has 8 nitrogen and oxygen atoms in total. The summed E-state index contributed by atoms with van der Waals surface area (Å²) >= 11 is 5.36. The minimum Gasteiger partial charge on any atom is -0.493 e. The number of nitrogens with zero attached hydrogens (tertiary/aromatic N) is 3. The van der Waals surface area contributed by atoms with Gasteiger partial charge in [-0.1, -0.05) is 19.9 Å². The van der Waals surface area contributed by atoms with Gasteiger partial charge in [0, 0.05) is 37.8 Å². The zero-order chi connectivity index (χ0) is 25.8. The number of piperazine rings is 1. The lowest BCUT2D eigenvalue weighted by Crippen LogP contribution is -2.52. The van der Waals surface area contributed by atoms with E-state index in [2.05, 4.69) is 5.32 Å². The first kappa shape index (κ1) is 26.2. The van der Waals surface area contributed by atoms with Crippen LogP contribution in [-0.4, -0.2) is 53.6 Å². The van der Waals surface area contributed by atoms with E-state index in [9.17, 15) is 28.1 Å². The first-order valence-electron chi connectivity index (χ1n) is 10.9. The number of halogens is 3. The van der Waals surface area contributed by atoms with Gasteiger partial charge in [0.15, 0.2) is 5.11 Å². The fraction of sp³-hybridized carbons (Fsp3) is 0.391. The Hall–Kier alpha value is -3.41. The van der Waals surface area contributed by atoms with Crippen molar-refractivity contribution in [3.63, 3.8) is 0 Å². The molecule has 1 aliphatic heterocycles. The minimum atomic E-state index is -4.67. The predicted molar refractivity (Wildman–Crippen MR) is 129 cm³/mol. The Bertz CT molecular complexity index is 1100. The van der Waals surface area contributed by atoms with Gasteiger partial charge in [-0.15, -0.1) is 0 Å². The van der Waals surface area contributed by atoms with Gasteiger partial charge in [0.2, 0.25) is 0 Å². The molecule has 3 rings (SSSR count). The maximum atomic E-state index is 13.0. The smallest absolute Gasteiger partial charge is 0.416 e. The summed E-state index contributed by atoms with van der Waals surface area (Å²) in [5.41, 5.74) is -1.19. The van der Waals surface area contributed by atoms with Crippen molar-refractivity contribution in [3.05, 3.63) is 63.7 Å². The van der Waals surface area contributed by atoms with Gasteiger partial charge in [-0.3, -0.25) is 20.2 Å². The minimum absolute atomic E-state index is 0.107. The van der Waals surface area contributed by atoms with Crippen LogP contribution in [0.2, 0.25) is 0 Å². The summed E-state index contributed by atoms with van der Waals surface area (Å²) in [5.74, 6) is 0.512. The lowest BCUT2D eigenvalue weighted by atomic mass is 10.1. The van der Waals surface area contributed by atoms with Gasteiger partial charge in [0.1, 0.15) is 11.4 Å². The zero-order valence-electron chi connectivity index (χ0n) is 19.2. The molecule has 1 heterocycles. The Balaban J connectivity index is 1.61. The van der Waals surface area contributed by atoms with Crippen LogP contribution in [0.5, 0.6) is 5.75 Å². The molecule has 1 aliphatic rings. The zero-order valence-corrected chi connectivity index (χ0v) is 20.0. The highest BCUT2D eigenvalue weighted by atomic mass is 32.1. The van der Waals surface area contributed by atoms with Crippen molar-refractivity contribution >= 4 is 34.6 Å². The van der Waals surface area contributed by atoms with Gasteiger partial charge in [-0.05, 0) is 48.5 Å². The maximum Gasteiger partial charge on any atom is 0.416 e. The first-order chi connectivity index (χ1) is 16.5. The van der Waals surface area contributed by atoms with Crippen LogP contribution in [0.15, 0.2) is 42.5 Å². The molecule has 2 aromatic carbocycles. The van der Waals surface area contributed by atoms with E-state index in [1.807, 2.05) is 13.8 Å². The van der Waals surface area contributed by atoms with E-state index in [0.29, 0.717) is 43.0 Å². The molecule has 1 fully saturated rings. The van der Waals surface area contributed by atoms with Gasteiger partial charge in [-0.2, -0.15) is 13.2 Å². The largest absolute Gasteiger partial charge is 0.493 e. The number of carbonyl (C=O) groups excluding carboxylic acids is 1. The number of anilines is 1. The van der Waals surface area contributed by atoms with Gasteiger partial charge >= 0.3 is 6.18 Å². The second-order valence-corrected chi connectivity index (χ2v) is 8.81.